The number of amides is 3. The lowest BCUT2D eigenvalue weighted by Gasteiger charge is -2.32. The Morgan fingerprint density at radius 2 is 1.90 bits per heavy atom. The van der Waals surface area contributed by atoms with Crippen molar-refractivity contribution in [3.8, 4) is 0 Å². The average Bonchev–Trinajstić information content (AvgIpc) is 2.45. The number of rotatable bonds is 5. The highest BCUT2D eigenvalue weighted by molar-refractivity contribution is 5.83. The summed E-state index contributed by atoms with van der Waals surface area (Å²) in [7, 11) is 1.60. The number of aliphatic carboxylic acids is 1. The molecule has 3 amide bonds. The Kier molecular flexibility index (Phi) is 6.27. The van der Waals surface area contributed by atoms with Crippen molar-refractivity contribution < 1.29 is 19.5 Å². The van der Waals surface area contributed by atoms with Crippen molar-refractivity contribution in [2.24, 2.45) is 5.92 Å². The molecule has 1 saturated heterocycles. The molecule has 0 unspecified atom stereocenters. The molecule has 0 radical (unpaired) electrons. The van der Waals surface area contributed by atoms with E-state index in [1.165, 1.54) is 0 Å². The molecule has 7 heteroatoms. The van der Waals surface area contributed by atoms with Gasteiger partial charge in [0.25, 0.3) is 0 Å². The Labute approximate surface area is 118 Å². The van der Waals surface area contributed by atoms with E-state index in [0.29, 0.717) is 38.8 Å². The highest BCUT2D eigenvalue weighted by atomic mass is 16.4. The number of carbonyl (C=O) groups is 3. The zero-order valence-electron chi connectivity index (χ0n) is 12.0. The molecule has 114 valence electrons. The number of urea groups is 1. The molecule has 7 nitrogen and oxygen atoms in total. The van der Waals surface area contributed by atoms with Crippen molar-refractivity contribution in [2.75, 3.05) is 20.1 Å². The second-order valence-corrected chi connectivity index (χ2v) is 5.00. The van der Waals surface area contributed by atoms with Gasteiger partial charge in [-0.05, 0) is 19.3 Å². The van der Waals surface area contributed by atoms with Gasteiger partial charge in [-0.1, -0.05) is 13.3 Å². The zero-order chi connectivity index (χ0) is 15.1. The molecule has 3 N–H and O–H groups in total. The van der Waals surface area contributed by atoms with Gasteiger partial charge >= 0.3 is 12.0 Å². The predicted molar refractivity (Wildman–Crippen MR) is 73.2 cm³/mol. The quantitative estimate of drug-likeness (QED) is 0.681. The first-order valence-corrected chi connectivity index (χ1v) is 6.99. The fourth-order valence-corrected chi connectivity index (χ4v) is 2.34. The molecule has 0 aromatic rings. The normalized spacial score (nSPS) is 17.4. The Morgan fingerprint density at radius 3 is 2.35 bits per heavy atom. The summed E-state index contributed by atoms with van der Waals surface area (Å²) >= 11 is 0. The predicted octanol–water partition coefficient (Wildman–Crippen LogP) is 0.407. The second kappa shape index (κ2) is 7.72. The summed E-state index contributed by atoms with van der Waals surface area (Å²) in [4.78, 5) is 36.0. The molecular weight excluding hydrogens is 262 g/mol. The molecule has 1 aliphatic heterocycles. The van der Waals surface area contributed by atoms with Crippen LogP contribution in [0, 0.1) is 5.92 Å². The Morgan fingerprint density at radius 1 is 1.30 bits per heavy atom. The van der Waals surface area contributed by atoms with E-state index in [4.69, 9.17) is 5.11 Å². The van der Waals surface area contributed by atoms with Gasteiger partial charge in [-0.15, -0.1) is 0 Å². The number of nitrogens with zero attached hydrogens (tertiary/aromatic N) is 1. The van der Waals surface area contributed by atoms with Gasteiger partial charge < -0.3 is 20.6 Å². The van der Waals surface area contributed by atoms with Crippen LogP contribution in [0.2, 0.25) is 0 Å². The lowest BCUT2D eigenvalue weighted by molar-refractivity contribution is -0.139. The van der Waals surface area contributed by atoms with Crippen molar-refractivity contribution >= 4 is 17.9 Å². The van der Waals surface area contributed by atoms with Crippen molar-refractivity contribution in [3.63, 3.8) is 0 Å². The number of likely N-dealkylation sites (tertiary alicyclic amines) is 1. The van der Waals surface area contributed by atoms with Crippen molar-refractivity contribution in [2.45, 2.75) is 38.6 Å². The number of nitrogens with one attached hydrogen (secondary N) is 2. The Hall–Kier alpha value is -1.79. The number of carboxylic acids is 1. The zero-order valence-corrected chi connectivity index (χ0v) is 12.0. The molecule has 0 aromatic carbocycles. The first-order valence-electron chi connectivity index (χ1n) is 6.99. The van der Waals surface area contributed by atoms with E-state index >= 15 is 0 Å². The highest BCUT2D eigenvalue weighted by Crippen LogP contribution is 2.17. The third-order valence-corrected chi connectivity index (χ3v) is 3.57. The molecule has 1 aliphatic rings. The average molecular weight is 285 g/mol. The van der Waals surface area contributed by atoms with Gasteiger partial charge in [0.05, 0.1) is 0 Å². The maximum absolute atomic E-state index is 12.0. The van der Waals surface area contributed by atoms with E-state index in [2.05, 4.69) is 10.6 Å². The summed E-state index contributed by atoms with van der Waals surface area (Å²) in [6, 6.07) is -1.20. The molecule has 20 heavy (non-hydrogen) atoms. The third-order valence-electron chi connectivity index (χ3n) is 3.57. The highest BCUT2D eigenvalue weighted by Gasteiger charge is 2.28. The molecule has 0 spiro atoms. The SMILES string of the molecule is CCC[C@H](NC(=O)N1CCC(C(=O)NC)CC1)C(=O)O. The van der Waals surface area contributed by atoms with Gasteiger partial charge in [-0.2, -0.15) is 0 Å². The minimum atomic E-state index is -1.01. The monoisotopic (exact) mass is 285 g/mol. The van der Waals surface area contributed by atoms with Gasteiger partial charge in [0.2, 0.25) is 5.91 Å². The summed E-state index contributed by atoms with van der Waals surface area (Å²) in [5.41, 5.74) is 0. The van der Waals surface area contributed by atoms with Crippen LogP contribution in [0.25, 0.3) is 0 Å². The fourth-order valence-electron chi connectivity index (χ4n) is 2.34. The van der Waals surface area contributed by atoms with Crippen molar-refractivity contribution in [1.29, 1.82) is 0 Å². The Balaban J connectivity index is 2.46. The molecule has 1 fully saturated rings. The smallest absolute Gasteiger partial charge is 0.326 e. The van der Waals surface area contributed by atoms with Crippen LogP contribution in [0.3, 0.4) is 0 Å². The van der Waals surface area contributed by atoms with Gasteiger partial charge in [-0.25, -0.2) is 9.59 Å². The van der Waals surface area contributed by atoms with Crippen LogP contribution >= 0.6 is 0 Å². The minimum Gasteiger partial charge on any atom is -0.480 e. The second-order valence-electron chi connectivity index (χ2n) is 5.00. The topological polar surface area (TPSA) is 98.7 Å². The van der Waals surface area contributed by atoms with E-state index in [1.54, 1.807) is 11.9 Å². The van der Waals surface area contributed by atoms with Crippen LogP contribution in [-0.2, 0) is 9.59 Å². The van der Waals surface area contributed by atoms with Crippen LogP contribution in [0.5, 0.6) is 0 Å². The summed E-state index contributed by atoms with van der Waals surface area (Å²) in [5.74, 6) is -1.07. The van der Waals surface area contributed by atoms with Crippen LogP contribution < -0.4 is 10.6 Å². The summed E-state index contributed by atoms with van der Waals surface area (Å²) in [6.45, 7) is 2.82. The molecule has 0 aromatic heterocycles. The van der Waals surface area contributed by atoms with Gasteiger partial charge in [0.1, 0.15) is 6.04 Å². The molecule has 1 heterocycles. The Bertz CT molecular complexity index is 365. The van der Waals surface area contributed by atoms with Crippen molar-refractivity contribution in [1.82, 2.24) is 15.5 Å². The summed E-state index contributed by atoms with van der Waals surface area (Å²) in [5, 5.41) is 14.2. The lowest BCUT2D eigenvalue weighted by Crippen LogP contribution is -2.51. The maximum atomic E-state index is 12.0. The number of piperidine rings is 1. The number of carboxylic acid groups (broad SMARTS) is 1. The van der Waals surface area contributed by atoms with E-state index < -0.39 is 12.0 Å². The van der Waals surface area contributed by atoms with Gasteiger partial charge in [0, 0.05) is 26.1 Å². The van der Waals surface area contributed by atoms with E-state index in [1.807, 2.05) is 6.92 Å². The number of hydrogen-bond donors (Lipinski definition) is 3. The number of hydrogen-bond acceptors (Lipinski definition) is 3. The standard InChI is InChI=1S/C13H23N3O4/c1-3-4-10(12(18)19)15-13(20)16-7-5-9(6-8-16)11(17)14-2/h9-10H,3-8H2,1-2H3,(H,14,17)(H,15,20)(H,18,19)/t10-/m0/s1. The molecule has 0 aliphatic carbocycles. The van der Waals surface area contributed by atoms with Gasteiger partial charge in [0.15, 0.2) is 0 Å². The fraction of sp³-hybridized carbons (Fsp3) is 0.769. The molecular formula is C13H23N3O4. The largest absolute Gasteiger partial charge is 0.480 e. The molecule has 0 saturated carbocycles. The molecule has 1 atom stereocenters. The summed E-state index contributed by atoms with van der Waals surface area (Å²) < 4.78 is 0. The van der Waals surface area contributed by atoms with Crippen LogP contribution in [0.1, 0.15) is 32.6 Å². The van der Waals surface area contributed by atoms with E-state index in [0.717, 1.165) is 0 Å². The van der Waals surface area contributed by atoms with E-state index in [9.17, 15) is 14.4 Å². The number of carbonyl (C=O) groups excluding carboxylic acids is 2. The first kappa shape index (κ1) is 16.3. The maximum Gasteiger partial charge on any atom is 0.326 e. The molecule has 0 bridgehead atoms. The van der Waals surface area contributed by atoms with Crippen LogP contribution in [-0.4, -0.2) is 54.1 Å². The summed E-state index contributed by atoms with van der Waals surface area (Å²) in [6.07, 6.45) is 2.32. The van der Waals surface area contributed by atoms with Crippen LogP contribution in [0.4, 0.5) is 4.79 Å². The van der Waals surface area contributed by atoms with Crippen LogP contribution in [0.15, 0.2) is 0 Å². The molecule has 1 rings (SSSR count). The lowest BCUT2D eigenvalue weighted by atomic mass is 9.96. The third kappa shape index (κ3) is 4.40. The van der Waals surface area contributed by atoms with Crippen molar-refractivity contribution in [3.05, 3.63) is 0 Å². The van der Waals surface area contributed by atoms with Gasteiger partial charge in [-0.3, -0.25) is 4.79 Å². The van der Waals surface area contributed by atoms with E-state index in [-0.39, 0.29) is 17.9 Å². The minimum absolute atomic E-state index is 0.000506. The first-order chi connectivity index (χ1) is 9.49.